The van der Waals surface area contributed by atoms with Crippen LogP contribution < -0.4 is 0 Å². The molecule has 0 amide bonds. The van der Waals surface area contributed by atoms with Crippen LogP contribution in [-0.4, -0.2) is 0 Å². The van der Waals surface area contributed by atoms with Crippen molar-refractivity contribution in [1.29, 1.82) is 0 Å². The molecule has 0 aliphatic heterocycles. The standard InChI is InChI=1S/C20H38/c1-4-6-8-9-10-11-12-13-14-15-17-19-20(3)18-16-7-5-2/h16,18,20H,1-2,4-15,17,19H2,3H3/b18-16+. The molecule has 0 aromatic heterocycles. The minimum Gasteiger partial charge on any atom is -0.0883 e. The van der Waals surface area contributed by atoms with Crippen LogP contribution in [0.1, 0.15) is 96.8 Å². The molecule has 0 saturated heterocycles. The van der Waals surface area contributed by atoms with Gasteiger partial charge in [0.05, 0.1) is 0 Å². The number of hydrogen-bond acceptors (Lipinski definition) is 0. The zero-order chi connectivity index (χ0) is 14.9. The van der Waals surface area contributed by atoms with E-state index in [2.05, 4.69) is 32.9 Å². The van der Waals surface area contributed by atoms with E-state index in [0.29, 0.717) is 0 Å². The van der Waals surface area contributed by atoms with E-state index in [4.69, 9.17) is 0 Å². The SMILES string of the molecule is [CH2]CC/C=C/C(C)CCCCCCCCCCCC[CH2]. The van der Waals surface area contributed by atoms with Crippen LogP contribution in [0.3, 0.4) is 0 Å². The van der Waals surface area contributed by atoms with E-state index in [0.717, 1.165) is 25.2 Å². The summed E-state index contributed by atoms with van der Waals surface area (Å²) in [5.41, 5.74) is 0. The maximum absolute atomic E-state index is 3.89. The highest BCUT2D eigenvalue weighted by Gasteiger charge is 1.97. The van der Waals surface area contributed by atoms with E-state index in [1.165, 1.54) is 70.6 Å². The summed E-state index contributed by atoms with van der Waals surface area (Å²) in [4.78, 5) is 0. The first-order valence-electron chi connectivity index (χ1n) is 9.06. The number of allylic oxidation sites excluding steroid dienone is 2. The molecular weight excluding hydrogens is 240 g/mol. The Balaban J connectivity index is 3.12. The highest BCUT2D eigenvalue weighted by molar-refractivity contribution is 4.86. The second-order valence-electron chi connectivity index (χ2n) is 6.23. The summed E-state index contributed by atoms with van der Waals surface area (Å²) in [6, 6.07) is 0. The van der Waals surface area contributed by atoms with Crippen molar-refractivity contribution in [3.63, 3.8) is 0 Å². The van der Waals surface area contributed by atoms with Gasteiger partial charge in [0.1, 0.15) is 0 Å². The number of unbranched alkanes of at least 4 members (excludes halogenated alkanes) is 11. The molecule has 0 aliphatic rings. The van der Waals surface area contributed by atoms with Gasteiger partial charge in [0.25, 0.3) is 0 Å². The fourth-order valence-corrected chi connectivity index (χ4v) is 2.60. The van der Waals surface area contributed by atoms with Crippen LogP contribution in [-0.2, 0) is 0 Å². The smallest absolute Gasteiger partial charge is 0.0262 e. The zero-order valence-electron chi connectivity index (χ0n) is 14.0. The molecule has 0 N–H and O–H groups in total. The highest BCUT2D eigenvalue weighted by Crippen LogP contribution is 2.14. The van der Waals surface area contributed by atoms with Gasteiger partial charge in [0.2, 0.25) is 0 Å². The van der Waals surface area contributed by atoms with Gasteiger partial charge in [-0.3, -0.25) is 0 Å². The van der Waals surface area contributed by atoms with E-state index < -0.39 is 0 Å². The predicted octanol–water partition coefficient (Wildman–Crippen LogP) is 7.31. The number of hydrogen-bond donors (Lipinski definition) is 0. The summed E-state index contributed by atoms with van der Waals surface area (Å²) in [5, 5.41) is 0. The lowest BCUT2D eigenvalue weighted by Crippen LogP contribution is -1.90. The van der Waals surface area contributed by atoms with Crippen LogP contribution in [0.2, 0.25) is 0 Å². The van der Waals surface area contributed by atoms with Gasteiger partial charge in [-0.05, 0) is 25.2 Å². The van der Waals surface area contributed by atoms with Crippen molar-refractivity contribution in [2.75, 3.05) is 0 Å². The molecule has 20 heavy (non-hydrogen) atoms. The highest BCUT2D eigenvalue weighted by atomic mass is 14.0. The minimum atomic E-state index is 0.759. The van der Waals surface area contributed by atoms with Gasteiger partial charge < -0.3 is 0 Å². The first-order chi connectivity index (χ1) is 9.81. The molecule has 0 aromatic carbocycles. The molecule has 0 saturated carbocycles. The summed E-state index contributed by atoms with van der Waals surface area (Å²) >= 11 is 0. The van der Waals surface area contributed by atoms with Gasteiger partial charge in [-0.1, -0.05) is 104 Å². The Morgan fingerprint density at radius 1 is 0.700 bits per heavy atom. The molecule has 0 bridgehead atoms. The Kier molecular flexibility index (Phi) is 16.6. The first-order valence-corrected chi connectivity index (χ1v) is 9.06. The molecule has 0 aromatic rings. The van der Waals surface area contributed by atoms with Crippen molar-refractivity contribution < 1.29 is 0 Å². The van der Waals surface area contributed by atoms with E-state index >= 15 is 0 Å². The van der Waals surface area contributed by atoms with E-state index in [9.17, 15) is 0 Å². The molecule has 0 fully saturated rings. The third-order valence-electron chi connectivity index (χ3n) is 3.99. The van der Waals surface area contributed by atoms with Crippen LogP contribution in [0.4, 0.5) is 0 Å². The second-order valence-corrected chi connectivity index (χ2v) is 6.23. The van der Waals surface area contributed by atoms with Gasteiger partial charge in [-0.15, -0.1) is 0 Å². The summed E-state index contributed by atoms with van der Waals surface area (Å²) in [7, 11) is 0. The molecule has 0 spiro atoms. The van der Waals surface area contributed by atoms with Crippen molar-refractivity contribution in [2.24, 2.45) is 5.92 Å². The quantitative estimate of drug-likeness (QED) is 0.217. The second kappa shape index (κ2) is 16.8. The molecule has 1 unspecified atom stereocenters. The lowest BCUT2D eigenvalue weighted by Gasteiger charge is -2.06. The van der Waals surface area contributed by atoms with Gasteiger partial charge in [0.15, 0.2) is 0 Å². The molecule has 0 aliphatic carbocycles. The monoisotopic (exact) mass is 278 g/mol. The van der Waals surface area contributed by atoms with E-state index in [1.54, 1.807) is 0 Å². The van der Waals surface area contributed by atoms with Crippen molar-refractivity contribution in [2.45, 2.75) is 96.8 Å². The van der Waals surface area contributed by atoms with Gasteiger partial charge in [-0.25, -0.2) is 0 Å². The van der Waals surface area contributed by atoms with Gasteiger partial charge in [-0.2, -0.15) is 0 Å². The first kappa shape index (κ1) is 19.7. The van der Waals surface area contributed by atoms with Crippen molar-refractivity contribution >= 4 is 0 Å². The Morgan fingerprint density at radius 3 is 1.70 bits per heavy atom. The average molecular weight is 279 g/mol. The Bertz CT molecular complexity index is 192. The zero-order valence-corrected chi connectivity index (χ0v) is 14.0. The Hall–Kier alpha value is -0.260. The van der Waals surface area contributed by atoms with Crippen LogP contribution in [0.25, 0.3) is 0 Å². The van der Waals surface area contributed by atoms with Crippen LogP contribution in [0, 0.1) is 19.8 Å². The molecule has 118 valence electrons. The topological polar surface area (TPSA) is 0 Å². The fraction of sp³-hybridized carbons (Fsp3) is 0.800. The van der Waals surface area contributed by atoms with E-state index in [-0.39, 0.29) is 0 Å². The largest absolute Gasteiger partial charge is 0.0883 e. The minimum absolute atomic E-state index is 0.759. The molecule has 0 rings (SSSR count). The number of rotatable bonds is 15. The lowest BCUT2D eigenvalue weighted by atomic mass is 10.0. The van der Waals surface area contributed by atoms with Crippen LogP contribution in [0.15, 0.2) is 12.2 Å². The summed E-state index contributed by atoms with van der Waals surface area (Å²) in [6.45, 7) is 10.1. The van der Waals surface area contributed by atoms with Crippen LogP contribution >= 0.6 is 0 Å². The fourth-order valence-electron chi connectivity index (χ4n) is 2.60. The third kappa shape index (κ3) is 15.8. The molecule has 2 radical (unpaired) electrons. The Labute approximate surface area is 129 Å². The normalized spacial score (nSPS) is 13.2. The van der Waals surface area contributed by atoms with Crippen molar-refractivity contribution in [3.05, 3.63) is 26.0 Å². The molecular formula is C20H38. The Morgan fingerprint density at radius 2 is 1.20 bits per heavy atom. The summed E-state index contributed by atoms with van der Waals surface area (Å²) < 4.78 is 0. The molecule has 0 heteroatoms. The molecule has 0 heterocycles. The van der Waals surface area contributed by atoms with Gasteiger partial charge in [0, 0.05) is 0 Å². The van der Waals surface area contributed by atoms with E-state index in [1.807, 2.05) is 0 Å². The summed E-state index contributed by atoms with van der Waals surface area (Å²) in [5.74, 6) is 0.759. The third-order valence-corrected chi connectivity index (χ3v) is 3.99. The van der Waals surface area contributed by atoms with Crippen LogP contribution in [0.5, 0.6) is 0 Å². The lowest BCUT2D eigenvalue weighted by molar-refractivity contribution is 0.524. The average Bonchev–Trinajstić information content (AvgIpc) is 2.45. The maximum Gasteiger partial charge on any atom is -0.0262 e. The molecule has 0 nitrogen and oxygen atoms in total. The van der Waals surface area contributed by atoms with Crippen molar-refractivity contribution in [1.82, 2.24) is 0 Å². The molecule has 1 atom stereocenters. The summed E-state index contributed by atoms with van der Waals surface area (Å²) in [6.07, 6.45) is 23.5. The maximum atomic E-state index is 3.89. The predicted molar refractivity (Wildman–Crippen MR) is 93.7 cm³/mol. The van der Waals surface area contributed by atoms with Gasteiger partial charge >= 0.3 is 0 Å². The van der Waals surface area contributed by atoms with Crippen molar-refractivity contribution in [3.8, 4) is 0 Å².